The first-order valence-electron chi connectivity index (χ1n) is 5.85. The van der Waals surface area contributed by atoms with Gasteiger partial charge in [-0.15, -0.1) is 0 Å². The van der Waals surface area contributed by atoms with Gasteiger partial charge in [-0.3, -0.25) is 4.79 Å². The fourth-order valence-electron chi connectivity index (χ4n) is 1.61. The zero-order valence-electron chi connectivity index (χ0n) is 10.4. The number of hydrogen-bond donors (Lipinski definition) is 2. The molecule has 0 radical (unpaired) electrons. The second kappa shape index (κ2) is 5.88. The van der Waals surface area contributed by atoms with E-state index in [1.54, 1.807) is 30.3 Å². The molecule has 0 fully saturated rings. The van der Waals surface area contributed by atoms with Crippen LogP contribution < -0.4 is 0 Å². The molecule has 0 amide bonds. The molecule has 0 unspecified atom stereocenters. The van der Waals surface area contributed by atoms with Crippen LogP contribution in [0.1, 0.15) is 20.7 Å². The first-order chi connectivity index (χ1) is 9.58. The number of rotatable bonds is 4. The molecule has 20 heavy (non-hydrogen) atoms. The maximum absolute atomic E-state index is 11.7. The first-order valence-corrected chi connectivity index (χ1v) is 5.85. The third kappa shape index (κ3) is 3.14. The molecule has 0 heterocycles. The van der Waals surface area contributed by atoms with E-state index in [1.807, 2.05) is 0 Å². The van der Waals surface area contributed by atoms with Crippen molar-refractivity contribution in [3.63, 3.8) is 0 Å². The lowest BCUT2D eigenvalue weighted by atomic mass is 10.1. The number of phenols is 2. The van der Waals surface area contributed by atoms with Crippen LogP contribution in [0, 0.1) is 0 Å². The van der Waals surface area contributed by atoms with Gasteiger partial charge in [0.1, 0.15) is 17.1 Å². The van der Waals surface area contributed by atoms with Gasteiger partial charge in [-0.25, -0.2) is 4.79 Å². The summed E-state index contributed by atoms with van der Waals surface area (Å²) in [6.45, 7) is -0.414. The SMILES string of the molecule is O=C(COC(=O)c1ccc(O)cc1O)c1ccccc1. The van der Waals surface area contributed by atoms with E-state index < -0.39 is 18.3 Å². The number of aromatic hydroxyl groups is 2. The van der Waals surface area contributed by atoms with Crippen molar-refractivity contribution in [2.45, 2.75) is 0 Å². The number of carbonyl (C=O) groups is 2. The van der Waals surface area contributed by atoms with Crippen LogP contribution in [-0.2, 0) is 4.74 Å². The quantitative estimate of drug-likeness (QED) is 0.658. The Morgan fingerprint density at radius 1 is 1.00 bits per heavy atom. The van der Waals surface area contributed by atoms with Gasteiger partial charge in [-0.05, 0) is 12.1 Å². The van der Waals surface area contributed by atoms with Crippen molar-refractivity contribution in [3.05, 3.63) is 59.7 Å². The second-order valence-corrected chi connectivity index (χ2v) is 4.07. The summed E-state index contributed by atoms with van der Waals surface area (Å²) in [5.41, 5.74) is 0.332. The molecule has 0 atom stereocenters. The van der Waals surface area contributed by atoms with Crippen molar-refractivity contribution in [2.75, 3.05) is 6.61 Å². The minimum atomic E-state index is -0.827. The van der Waals surface area contributed by atoms with E-state index in [-0.39, 0.29) is 17.1 Å². The topological polar surface area (TPSA) is 83.8 Å². The summed E-state index contributed by atoms with van der Waals surface area (Å²) >= 11 is 0. The molecule has 0 aliphatic rings. The number of carbonyl (C=O) groups excluding carboxylic acids is 2. The molecule has 2 N–H and O–H groups in total. The fourth-order valence-corrected chi connectivity index (χ4v) is 1.61. The van der Waals surface area contributed by atoms with Crippen LogP contribution >= 0.6 is 0 Å². The van der Waals surface area contributed by atoms with Gasteiger partial charge >= 0.3 is 5.97 Å². The lowest BCUT2D eigenvalue weighted by molar-refractivity contribution is 0.0472. The lowest BCUT2D eigenvalue weighted by Crippen LogP contribution is -2.14. The third-order valence-electron chi connectivity index (χ3n) is 2.63. The van der Waals surface area contributed by atoms with Crippen molar-refractivity contribution in [2.24, 2.45) is 0 Å². The number of ketones is 1. The van der Waals surface area contributed by atoms with E-state index in [9.17, 15) is 14.7 Å². The highest BCUT2D eigenvalue weighted by Gasteiger charge is 2.15. The van der Waals surface area contributed by atoms with Crippen LogP contribution in [0.2, 0.25) is 0 Å². The number of benzene rings is 2. The molecule has 2 rings (SSSR count). The molecule has 2 aromatic carbocycles. The molecule has 0 saturated carbocycles. The van der Waals surface area contributed by atoms with E-state index in [2.05, 4.69) is 0 Å². The smallest absolute Gasteiger partial charge is 0.342 e. The van der Waals surface area contributed by atoms with E-state index >= 15 is 0 Å². The molecule has 0 saturated heterocycles. The largest absolute Gasteiger partial charge is 0.508 e. The summed E-state index contributed by atoms with van der Waals surface area (Å²) in [5, 5.41) is 18.6. The monoisotopic (exact) mass is 272 g/mol. The zero-order chi connectivity index (χ0) is 14.5. The van der Waals surface area contributed by atoms with Gasteiger partial charge in [0.2, 0.25) is 0 Å². The van der Waals surface area contributed by atoms with Crippen molar-refractivity contribution < 1.29 is 24.5 Å². The predicted molar refractivity (Wildman–Crippen MR) is 70.8 cm³/mol. The molecule has 0 bridgehead atoms. The molecule has 0 spiro atoms. The van der Waals surface area contributed by atoms with Crippen LogP contribution in [0.15, 0.2) is 48.5 Å². The molecule has 5 nitrogen and oxygen atoms in total. The summed E-state index contributed by atoms with van der Waals surface area (Å²) in [4.78, 5) is 23.4. The second-order valence-electron chi connectivity index (χ2n) is 4.07. The average molecular weight is 272 g/mol. The van der Waals surface area contributed by atoms with Crippen molar-refractivity contribution >= 4 is 11.8 Å². The van der Waals surface area contributed by atoms with Crippen LogP contribution in [-0.4, -0.2) is 28.6 Å². The normalized spacial score (nSPS) is 10.0. The van der Waals surface area contributed by atoms with Gasteiger partial charge in [-0.2, -0.15) is 0 Å². The molecular formula is C15H12O5. The Labute approximate surface area is 115 Å². The van der Waals surface area contributed by atoms with Crippen LogP contribution in [0.25, 0.3) is 0 Å². The maximum atomic E-state index is 11.7. The number of esters is 1. The van der Waals surface area contributed by atoms with Crippen LogP contribution in [0.4, 0.5) is 0 Å². The van der Waals surface area contributed by atoms with Crippen molar-refractivity contribution in [1.82, 2.24) is 0 Å². The summed E-state index contributed by atoms with van der Waals surface area (Å²) in [6.07, 6.45) is 0. The summed E-state index contributed by atoms with van der Waals surface area (Å²) in [6, 6.07) is 11.9. The fraction of sp³-hybridized carbons (Fsp3) is 0.0667. The van der Waals surface area contributed by atoms with Gasteiger partial charge in [0, 0.05) is 11.6 Å². The Balaban J connectivity index is 2.00. The highest BCUT2D eigenvalue weighted by Crippen LogP contribution is 2.23. The molecule has 0 aliphatic carbocycles. The van der Waals surface area contributed by atoms with Gasteiger partial charge in [0.25, 0.3) is 0 Å². The molecule has 0 aliphatic heterocycles. The summed E-state index contributed by atoms with van der Waals surface area (Å²) in [7, 11) is 0. The Bertz CT molecular complexity index is 634. The standard InChI is InChI=1S/C15H12O5/c16-11-6-7-12(13(17)8-11)15(19)20-9-14(18)10-4-2-1-3-5-10/h1-8,16-17H,9H2. The van der Waals surface area contributed by atoms with Crippen LogP contribution in [0.3, 0.4) is 0 Å². The maximum Gasteiger partial charge on any atom is 0.342 e. The Morgan fingerprint density at radius 2 is 1.70 bits per heavy atom. The van der Waals surface area contributed by atoms with E-state index in [1.165, 1.54) is 12.1 Å². The molecule has 0 aromatic heterocycles. The van der Waals surface area contributed by atoms with Gasteiger partial charge < -0.3 is 14.9 Å². The third-order valence-corrected chi connectivity index (χ3v) is 2.63. The number of phenolic OH excluding ortho intramolecular Hbond substituents is 2. The van der Waals surface area contributed by atoms with E-state index in [0.29, 0.717) is 5.56 Å². The van der Waals surface area contributed by atoms with Gasteiger partial charge in [0.15, 0.2) is 12.4 Å². The van der Waals surface area contributed by atoms with Crippen molar-refractivity contribution in [1.29, 1.82) is 0 Å². The number of ether oxygens (including phenoxy) is 1. The highest BCUT2D eigenvalue weighted by atomic mass is 16.5. The number of Topliss-reactive ketones (excluding diaryl/α,β-unsaturated/α-hetero) is 1. The molecular weight excluding hydrogens is 260 g/mol. The predicted octanol–water partition coefficient (Wildman–Crippen LogP) is 2.14. The highest BCUT2D eigenvalue weighted by molar-refractivity contribution is 5.99. The molecule has 2 aromatic rings. The van der Waals surface area contributed by atoms with Crippen molar-refractivity contribution in [3.8, 4) is 11.5 Å². The van der Waals surface area contributed by atoms with Gasteiger partial charge in [-0.1, -0.05) is 30.3 Å². The molecule has 5 heteroatoms. The average Bonchev–Trinajstić information content (AvgIpc) is 2.45. The first kappa shape index (κ1) is 13.6. The van der Waals surface area contributed by atoms with Crippen LogP contribution in [0.5, 0.6) is 11.5 Å². The number of hydrogen-bond acceptors (Lipinski definition) is 5. The zero-order valence-corrected chi connectivity index (χ0v) is 10.4. The Kier molecular flexibility index (Phi) is 4.00. The van der Waals surface area contributed by atoms with Gasteiger partial charge in [0.05, 0.1) is 0 Å². The minimum Gasteiger partial charge on any atom is -0.508 e. The Hall–Kier alpha value is -2.82. The summed E-state index contributed by atoms with van der Waals surface area (Å²) < 4.78 is 4.83. The molecule has 102 valence electrons. The van der Waals surface area contributed by atoms with E-state index in [0.717, 1.165) is 6.07 Å². The summed E-state index contributed by atoms with van der Waals surface area (Å²) in [5.74, 6) is -1.73. The minimum absolute atomic E-state index is 0.108. The Morgan fingerprint density at radius 3 is 2.35 bits per heavy atom. The van der Waals surface area contributed by atoms with E-state index in [4.69, 9.17) is 9.84 Å². The lowest BCUT2D eigenvalue weighted by Gasteiger charge is -2.06.